The summed E-state index contributed by atoms with van der Waals surface area (Å²) in [6.45, 7) is 4.90. The molecule has 1 fully saturated rings. The van der Waals surface area contributed by atoms with E-state index < -0.39 is 5.41 Å². The molecule has 1 amide bonds. The summed E-state index contributed by atoms with van der Waals surface area (Å²) in [6, 6.07) is 0. The highest BCUT2D eigenvalue weighted by Crippen LogP contribution is 2.31. The summed E-state index contributed by atoms with van der Waals surface area (Å²) in [4.78, 5) is 12.9. The minimum atomic E-state index is -0.637. The van der Waals surface area contributed by atoms with Crippen LogP contribution in [0.5, 0.6) is 0 Å². The number of rotatable bonds is 8. The van der Waals surface area contributed by atoms with Gasteiger partial charge in [0.2, 0.25) is 5.91 Å². The molecule has 0 radical (unpaired) electrons. The second kappa shape index (κ2) is 8.10. The number of amides is 1. The second-order valence-corrected chi connectivity index (χ2v) is 7.14. The van der Waals surface area contributed by atoms with Gasteiger partial charge in [-0.05, 0) is 31.4 Å². The Kier molecular flexibility index (Phi) is 7.15. The Balaban J connectivity index is 2.66. The molecule has 19 heavy (non-hydrogen) atoms. The van der Waals surface area contributed by atoms with Gasteiger partial charge in [0.05, 0.1) is 10.4 Å². The average Bonchev–Trinajstić information content (AvgIpc) is 2.88. The van der Waals surface area contributed by atoms with Gasteiger partial charge >= 0.3 is 0 Å². The van der Waals surface area contributed by atoms with Crippen LogP contribution in [-0.4, -0.2) is 28.4 Å². The fourth-order valence-corrected chi connectivity index (χ4v) is 4.24. The third kappa shape index (κ3) is 4.35. The summed E-state index contributed by atoms with van der Waals surface area (Å²) in [5.41, 5.74) is 5.26. The quantitative estimate of drug-likeness (QED) is 0.677. The number of nitrogens with one attached hydrogen (secondary N) is 1. The summed E-state index contributed by atoms with van der Waals surface area (Å²) < 4.78 is 0. The lowest BCUT2D eigenvalue weighted by Gasteiger charge is -2.31. The van der Waals surface area contributed by atoms with Crippen molar-refractivity contribution in [3.63, 3.8) is 0 Å². The SMILES string of the molecule is CCCC(CCC)(C(=O)NCC1CCCS1)C(N)=S. The number of nitrogens with two attached hydrogens (primary N) is 1. The molecular weight excluding hydrogens is 276 g/mol. The molecular formula is C14H26N2OS2. The Morgan fingerprint density at radius 1 is 1.42 bits per heavy atom. The molecule has 1 rings (SSSR count). The average molecular weight is 303 g/mol. The summed E-state index contributed by atoms with van der Waals surface area (Å²) in [5, 5.41) is 3.66. The van der Waals surface area contributed by atoms with Gasteiger partial charge in [0.25, 0.3) is 0 Å². The van der Waals surface area contributed by atoms with Crippen molar-refractivity contribution in [2.24, 2.45) is 11.1 Å². The van der Waals surface area contributed by atoms with E-state index in [1.165, 1.54) is 18.6 Å². The van der Waals surface area contributed by atoms with Crippen molar-refractivity contribution in [1.29, 1.82) is 0 Å². The Hall–Kier alpha value is -0.290. The maximum atomic E-state index is 12.6. The van der Waals surface area contributed by atoms with Crippen molar-refractivity contribution in [2.45, 2.75) is 57.6 Å². The number of thiocarbonyl (C=S) groups is 1. The number of carbonyl (C=O) groups excluding carboxylic acids is 1. The fraction of sp³-hybridized carbons (Fsp3) is 0.857. The minimum absolute atomic E-state index is 0.0381. The number of hydrogen-bond donors (Lipinski definition) is 2. The van der Waals surface area contributed by atoms with E-state index in [4.69, 9.17) is 18.0 Å². The molecule has 0 aromatic heterocycles. The van der Waals surface area contributed by atoms with E-state index in [0.717, 1.165) is 32.2 Å². The lowest BCUT2D eigenvalue weighted by molar-refractivity contribution is -0.128. The highest BCUT2D eigenvalue weighted by Gasteiger charge is 2.39. The predicted molar refractivity (Wildman–Crippen MR) is 87.5 cm³/mol. The van der Waals surface area contributed by atoms with Crippen molar-refractivity contribution in [2.75, 3.05) is 12.3 Å². The monoisotopic (exact) mass is 302 g/mol. The van der Waals surface area contributed by atoms with Gasteiger partial charge in [0, 0.05) is 11.8 Å². The normalized spacial score (nSPS) is 19.4. The topological polar surface area (TPSA) is 55.1 Å². The summed E-state index contributed by atoms with van der Waals surface area (Å²) >= 11 is 7.15. The van der Waals surface area contributed by atoms with Crippen LogP contribution in [0.4, 0.5) is 0 Å². The van der Waals surface area contributed by atoms with E-state index in [2.05, 4.69) is 19.2 Å². The van der Waals surface area contributed by atoms with Gasteiger partial charge in [0.15, 0.2) is 0 Å². The lowest BCUT2D eigenvalue weighted by atomic mass is 9.78. The van der Waals surface area contributed by atoms with Crippen LogP contribution in [0.1, 0.15) is 52.4 Å². The number of carbonyl (C=O) groups is 1. The van der Waals surface area contributed by atoms with Gasteiger partial charge in [-0.1, -0.05) is 38.9 Å². The van der Waals surface area contributed by atoms with Crippen molar-refractivity contribution in [1.82, 2.24) is 5.32 Å². The van der Waals surface area contributed by atoms with Crippen LogP contribution < -0.4 is 11.1 Å². The molecule has 1 aliphatic rings. The molecule has 1 heterocycles. The van der Waals surface area contributed by atoms with E-state index in [1.807, 2.05) is 11.8 Å². The van der Waals surface area contributed by atoms with Gasteiger partial charge in [0.1, 0.15) is 0 Å². The number of thioether (sulfide) groups is 1. The summed E-state index contributed by atoms with van der Waals surface area (Å²) in [6.07, 6.45) is 5.80. The first-order valence-electron chi connectivity index (χ1n) is 7.26. The molecule has 1 unspecified atom stereocenters. The van der Waals surface area contributed by atoms with Crippen molar-refractivity contribution in [3.05, 3.63) is 0 Å². The Morgan fingerprint density at radius 2 is 2.05 bits per heavy atom. The third-order valence-electron chi connectivity index (χ3n) is 3.77. The van der Waals surface area contributed by atoms with Gasteiger partial charge in [-0.3, -0.25) is 4.79 Å². The van der Waals surface area contributed by atoms with Crippen molar-refractivity contribution >= 4 is 34.9 Å². The first kappa shape index (κ1) is 16.8. The predicted octanol–water partition coefficient (Wildman–Crippen LogP) is 2.87. The highest BCUT2D eigenvalue weighted by atomic mass is 32.2. The van der Waals surface area contributed by atoms with E-state index >= 15 is 0 Å². The zero-order valence-electron chi connectivity index (χ0n) is 12.0. The lowest BCUT2D eigenvalue weighted by Crippen LogP contribution is -2.50. The van der Waals surface area contributed by atoms with Crippen molar-refractivity contribution in [3.8, 4) is 0 Å². The van der Waals surface area contributed by atoms with Gasteiger partial charge in [-0.25, -0.2) is 0 Å². The zero-order valence-corrected chi connectivity index (χ0v) is 13.7. The first-order valence-corrected chi connectivity index (χ1v) is 8.72. The van der Waals surface area contributed by atoms with Gasteiger partial charge < -0.3 is 11.1 Å². The molecule has 1 atom stereocenters. The summed E-state index contributed by atoms with van der Waals surface area (Å²) in [7, 11) is 0. The Bertz CT molecular complexity index is 309. The van der Waals surface area contributed by atoms with E-state index in [-0.39, 0.29) is 5.91 Å². The minimum Gasteiger partial charge on any atom is -0.392 e. The van der Waals surface area contributed by atoms with Gasteiger partial charge in [-0.15, -0.1) is 0 Å². The van der Waals surface area contributed by atoms with E-state index in [1.54, 1.807) is 0 Å². The van der Waals surface area contributed by atoms with Crippen molar-refractivity contribution < 1.29 is 4.79 Å². The molecule has 0 aromatic carbocycles. The second-order valence-electron chi connectivity index (χ2n) is 5.29. The molecule has 110 valence electrons. The zero-order chi connectivity index (χ0) is 14.3. The Morgan fingerprint density at radius 3 is 2.47 bits per heavy atom. The van der Waals surface area contributed by atoms with Crippen LogP contribution in [0.25, 0.3) is 0 Å². The molecule has 3 nitrogen and oxygen atoms in total. The first-order chi connectivity index (χ1) is 9.06. The molecule has 0 aromatic rings. The van der Waals surface area contributed by atoms with Crippen LogP contribution >= 0.6 is 24.0 Å². The maximum absolute atomic E-state index is 12.6. The number of hydrogen-bond acceptors (Lipinski definition) is 3. The van der Waals surface area contributed by atoms with E-state index in [9.17, 15) is 4.79 Å². The fourth-order valence-electron chi connectivity index (χ4n) is 2.74. The van der Waals surface area contributed by atoms with Gasteiger partial charge in [-0.2, -0.15) is 11.8 Å². The van der Waals surface area contributed by atoms with Crippen LogP contribution in [0.2, 0.25) is 0 Å². The smallest absolute Gasteiger partial charge is 0.233 e. The molecule has 1 saturated heterocycles. The van der Waals surface area contributed by atoms with Crippen LogP contribution in [0, 0.1) is 5.41 Å². The largest absolute Gasteiger partial charge is 0.392 e. The maximum Gasteiger partial charge on any atom is 0.233 e. The van der Waals surface area contributed by atoms with Crippen LogP contribution in [0.3, 0.4) is 0 Å². The Labute approximate surface area is 126 Å². The highest BCUT2D eigenvalue weighted by molar-refractivity contribution is 8.00. The standard InChI is InChI=1S/C14H26N2OS2/c1-3-7-14(8-4-2,12(15)18)13(17)16-10-11-6-5-9-19-11/h11H,3-10H2,1-2H3,(H2,15,18)(H,16,17). The molecule has 0 bridgehead atoms. The molecule has 0 aliphatic carbocycles. The van der Waals surface area contributed by atoms with Crippen LogP contribution in [0.15, 0.2) is 0 Å². The van der Waals surface area contributed by atoms with Crippen LogP contribution in [-0.2, 0) is 4.79 Å². The molecule has 1 aliphatic heterocycles. The third-order valence-corrected chi connectivity index (χ3v) is 5.56. The molecule has 5 heteroatoms. The molecule has 0 spiro atoms. The molecule has 3 N–H and O–H groups in total. The summed E-state index contributed by atoms with van der Waals surface area (Å²) in [5.74, 6) is 1.25. The van der Waals surface area contributed by atoms with E-state index in [0.29, 0.717) is 10.2 Å². The molecule has 0 saturated carbocycles.